The number of carbonyl (C=O) groups excluding carboxylic acids is 2. The first-order chi connectivity index (χ1) is 14.7. The molecule has 0 fully saturated rings. The Morgan fingerprint density at radius 2 is 1.63 bits per heavy atom. The summed E-state index contributed by atoms with van der Waals surface area (Å²) >= 11 is 0. The van der Waals surface area contributed by atoms with Gasteiger partial charge in [-0.25, -0.2) is 5.43 Å². The van der Waals surface area contributed by atoms with E-state index in [1.54, 1.807) is 86.2 Å². The minimum absolute atomic E-state index is 0.0564. The number of hydrogen-bond acceptors (Lipinski definition) is 5. The van der Waals surface area contributed by atoms with Crippen molar-refractivity contribution in [3.63, 3.8) is 0 Å². The van der Waals surface area contributed by atoms with E-state index < -0.39 is 11.8 Å². The van der Waals surface area contributed by atoms with Crippen LogP contribution < -0.4 is 15.5 Å². The number of nitrogens with one attached hydrogen (secondary N) is 2. The van der Waals surface area contributed by atoms with Crippen LogP contribution in [0.15, 0.2) is 89.9 Å². The third-order valence-electron chi connectivity index (χ3n) is 4.04. The number of nitrogens with zero attached hydrogens (tertiary/aromatic N) is 2. The molecule has 0 saturated carbocycles. The highest BCUT2D eigenvalue weighted by molar-refractivity contribution is 6.05. The summed E-state index contributed by atoms with van der Waals surface area (Å²) in [6, 6.07) is 19.2. The Balaban J connectivity index is 1.80. The van der Waals surface area contributed by atoms with Crippen molar-refractivity contribution in [2.24, 2.45) is 5.10 Å². The largest absolute Gasteiger partial charge is 0.497 e. The summed E-state index contributed by atoms with van der Waals surface area (Å²) in [6.07, 6.45) is 6.30. The third kappa shape index (κ3) is 5.87. The van der Waals surface area contributed by atoms with Gasteiger partial charge in [0.1, 0.15) is 11.4 Å². The predicted molar refractivity (Wildman–Crippen MR) is 115 cm³/mol. The van der Waals surface area contributed by atoms with Crippen LogP contribution >= 0.6 is 0 Å². The van der Waals surface area contributed by atoms with Gasteiger partial charge in [0.2, 0.25) is 0 Å². The fraction of sp³-hybridized carbons (Fsp3) is 0.0435. The number of carbonyl (C=O) groups is 2. The molecule has 7 heteroatoms. The van der Waals surface area contributed by atoms with Crippen LogP contribution in [0.5, 0.6) is 5.75 Å². The molecule has 0 unspecified atom stereocenters. The van der Waals surface area contributed by atoms with Crippen molar-refractivity contribution in [2.45, 2.75) is 0 Å². The maximum atomic E-state index is 12.7. The molecular weight excluding hydrogens is 380 g/mol. The molecule has 150 valence electrons. The van der Waals surface area contributed by atoms with Gasteiger partial charge in [-0.05, 0) is 53.6 Å². The van der Waals surface area contributed by atoms with Crippen LogP contribution in [-0.4, -0.2) is 30.1 Å². The highest BCUT2D eigenvalue weighted by atomic mass is 16.5. The summed E-state index contributed by atoms with van der Waals surface area (Å²) in [4.78, 5) is 29.2. The summed E-state index contributed by atoms with van der Waals surface area (Å²) < 4.78 is 5.15. The number of amides is 2. The van der Waals surface area contributed by atoms with Gasteiger partial charge in [-0.3, -0.25) is 14.6 Å². The van der Waals surface area contributed by atoms with Gasteiger partial charge in [0.05, 0.1) is 13.3 Å². The Labute approximate surface area is 174 Å². The van der Waals surface area contributed by atoms with E-state index in [1.165, 1.54) is 6.21 Å². The lowest BCUT2D eigenvalue weighted by molar-refractivity contribution is -0.117. The highest BCUT2D eigenvalue weighted by Crippen LogP contribution is 2.14. The molecular formula is C23H20N4O3. The molecule has 0 bridgehead atoms. The molecule has 0 aliphatic carbocycles. The van der Waals surface area contributed by atoms with Crippen molar-refractivity contribution in [3.05, 3.63) is 102 Å². The van der Waals surface area contributed by atoms with Crippen LogP contribution in [0.1, 0.15) is 21.5 Å². The summed E-state index contributed by atoms with van der Waals surface area (Å²) in [6.45, 7) is 0. The zero-order valence-electron chi connectivity index (χ0n) is 16.3. The quantitative estimate of drug-likeness (QED) is 0.362. The van der Waals surface area contributed by atoms with Crippen molar-refractivity contribution in [2.75, 3.05) is 7.11 Å². The molecule has 2 N–H and O–H groups in total. The third-order valence-corrected chi connectivity index (χ3v) is 4.04. The van der Waals surface area contributed by atoms with E-state index in [4.69, 9.17) is 4.74 Å². The van der Waals surface area contributed by atoms with E-state index in [1.807, 2.05) is 6.07 Å². The van der Waals surface area contributed by atoms with E-state index in [2.05, 4.69) is 20.8 Å². The molecule has 30 heavy (non-hydrogen) atoms. The smallest absolute Gasteiger partial charge is 0.287 e. The molecule has 0 radical (unpaired) electrons. The summed E-state index contributed by atoms with van der Waals surface area (Å²) in [5, 5.41) is 6.60. The van der Waals surface area contributed by atoms with E-state index >= 15 is 0 Å². The number of aromatic nitrogens is 1. The van der Waals surface area contributed by atoms with Crippen molar-refractivity contribution in [1.29, 1.82) is 0 Å². The number of benzene rings is 2. The first-order valence-electron chi connectivity index (χ1n) is 9.11. The molecule has 0 spiro atoms. The Hall–Kier alpha value is -4.26. The second-order valence-electron chi connectivity index (χ2n) is 6.13. The molecule has 2 aromatic carbocycles. The molecule has 2 amide bonds. The fourth-order valence-corrected chi connectivity index (χ4v) is 2.48. The van der Waals surface area contributed by atoms with Crippen molar-refractivity contribution in [1.82, 2.24) is 15.7 Å². The summed E-state index contributed by atoms with van der Waals surface area (Å²) in [5.74, 6) is -0.266. The maximum absolute atomic E-state index is 12.7. The maximum Gasteiger partial charge on any atom is 0.287 e. The lowest BCUT2D eigenvalue weighted by Crippen LogP contribution is -2.32. The Kier molecular flexibility index (Phi) is 7.05. The first-order valence-corrected chi connectivity index (χ1v) is 9.11. The van der Waals surface area contributed by atoms with Gasteiger partial charge in [-0.15, -0.1) is 0 Å². The first kappa shape index (κ1) is 20.5. The summed E-state index contributed by atoms with van der Waals surface area (Å²) in [5.41, 5.74) is 4.42. The van der Waals surface area contributed by atoms with Crippen molar-refractivity contribution in [3.8, 4) is 5.75 Å². The molecule has 3 rings (SSSR count). The molecule has 0 aliphatic heterocycles. The molecule has 0 atom stereocenters. The van der Waals surface area contributed by atoms with Crippen molar-refractivity contribution < 1.29 is 14.3 Å². The van der Waals surface area contributed by atoms with Crippen LogP contribution in [-0.2, 0) is 4.79 Å². The van der Waals surface area contributed by atoms with Gasteiger partial charge in [0.25, 0.3) is 11.8 Å². The lowest BCUT2D eigenvalue weighted by atomic mass is 10.1. The molecule has 3 aromatic rings. The van der Waals surface area contributed by atoms with E-state index in [9.17, 15) is 9.59 Å². The van der Waals surface area contributed by atoms with Crippen LogP contribution in [0.3, 0.4) is 0 Å². The minimum atomic E-state index is -0.555. The fourth-order valence-electron chi connectivity index (χ4n) is 2.48. The topological polar surface area (TPSA) is 92.7 Å². The number of pyridine rings is 1. The Morgan fingerprint density at radius 1 is 0.933 bits per heavy atom. The van der Waals surface area contributed by atoms with E-state index in [-0.39, 0.29) is 5.70 Å². The summed E-state index contributed by atoms with van der Waals surface area (Å²) in [7, 11) is 1.57. The Bertz CT molecular complexity index is 1050. The number of ether oxygens (including phenoxy) is 1. The molecule has 1 heterocycles. The van der Waals surface area contributed by atoms with Gasteiger partial charge in [0, 0.05) is 18.0 Å². The number of methoxy groups -OCH3 is 1. The molecule has 0 aliphatic rings. The predicted octanol–water partition coefficient (Wildman–Crippen LogP) is 3.01. The monoisotopic (exact) mass is 400 g/mol. The Morgan fingerprint density at radius 3 is 2.30 bits per heavy atom. The minimum Gasteiger partial charge on any atom is -0.497 e. The van der Waals surface area contributed by atoms with Crippen LogP contribution in [0.2, 0.25) is 0 Å². The van der Waals surface area contributed by atoms with Crippen LogP contribution in [0.25, 0.3) is 6.08 Å². The van der Waals surface area contributed by atoms with Gasteiger partial charge < -0.3 is 10.1 Å². The highest BCUT2D eigenvalue weighted by Gasteiger charge is 2.14. The lowest BCUT2D eigenvalue weighted by Gasteiger charge is -2.09. The van der Waals surface area contributed by atoms with Gasteiger partial charge in [-0.2, -0.15) is 5.10 Å². The standard InChI is InChI=1S/C23H20N4O3/c1-30-20-9-7-17(8-10-20)15-21(26-22(28)19-5-3-2-4-6-19)23(29)27-25-16-18-11-13-24-14-12-18/h2-16H,1H3,(H,26,28)(H,27,29)/b21-15+,25-16+. The van der Waals surface area contributed by atoms with Crippen LogP contribution in [0.4, 0.5) is 0 Å². The van der Waals surface area contributed by atoms with E-state index in [0.717, 1.165) is 5.56 Å². The number of hydrazone groups is 1. The average molecular weight is 400 g/mol. The van der Waals surface area contributed by atoms with Crippen LogP contribution in [0, 0.1) is 0 Å². The van der Waals surface area contributed by atoms with Gasteiger partial charge in [-0.1, -0.05) is 30.3 Å². The zero-order chi connectivity index (χ0) is 21.2. The molecule has 7 nitrogen and oxygen atoms in total. The van der Waals surface area contributed by atoms with Crippen molar-refractivity contribution >= 4 is 24.1 Å². The van der Waals surface area contributed by atoms with Gasteiger partial charge >= 0.3 is 0 Å². The normalized spacial score (nSPS) is 11.2. The SMILES string of the molecule is COc1ccc(/C=C(/NC(=O)c2ccccc2)C(=O)N/N=C/c2ccncc2)cc1. The number of hydrogen-bond donors (Lipinski definition) is 2. The van der Waals surface area contributed by atoms with E-state index in [0.29, 0.717) is 16.9 Å². The molecule has 0 saturated heterocycles. The second kappa shape index (κ2) is 10.3. The molecule has 1 aromatic heterocycles. The van der Waals surface area contributed by atoms with Gasteiger partial charge in [0.15, 0.2) is 0 Å². The average Bonchev–Trinajstić information content (AvgIpc) is 2.80. The number of rotatable bonds is 7. The zero-order valence-corrected chi connectivity index (χ0v) is 16.3. The second-order valence-corrected chi connectivity index (χ2v) is 6.13.